The fraction of sp³-hybridized carbons (Fsp3) is 0.0385. The molecule has 252 valence electrons. The highest BCUT2D eigenvalue weighted by Gasteiger charge is 2.21. The lowest BCUT2D eigenvalue weighted by Crippen LogP contribution is -1.92. The summed E-state index contributed by atoms with van der Waals surface area (Å²) in [6.07, 6.45) is 6.83. The molecule has 0 N–H and O–H groups in total. The van der Waals surface area contributed by atoms with Crippen LogP contribution < -0.4 is 0 Å². The lowest BCUT2D eigenvalue weighted by Gasteiger charge is -2.19. The van der Waals surface area contributed by atoms with Crippen molar-refractivity contribution in [3.8, 4) is 33.4 Å². The highest BCUT2D eigenvalue weighted by Crippen LogP contribution is 2.48. The maximum Gasteiger partial charge on any atom is 0.136 e. The molecule has 2 heteroatoms. The fourth-order valence-corrected chi connectivity index (χ4v) is 10.6. The Morgan fingerprint density at radius 1 is 0.426 bits per heavy atom. The van der Waals surface area contributed by atoms with Gasteiger partial charge in [0.1, 0.15) is 11.2 Å². The number of rotatable bonds is 3. The topological polar surface area (TPSA) is 13.1 Å². The third-order valence-corrected chi connectivity index (χ3v) is 12.9. The van der Waals surface area contributed by atoms with E-state index in [9.17, 15) is 0 Å². The average Bonchev–Trinajstić information content (AvgIpc) is 3.81. The molecule has 1 nitrogen and oxygen atoms in total. The van der Waals surface area contributed by atoms with E-state index in [1.165, 1.54) is 96.8 Å². The summed E-state index contributed by atoms with van der Waals surface area (Å²) in [5.74, 6) is 0. The molecule has 2 heterocycles. The molecular weight excluding hydrogens is 673 g/mol. The summed E-state index contributed by atoms with van der Waals surface area (Å²) in [5, 5.41) is 13.9. The van der Waals surface area contributed by atoms with Crippen molar-refractivity contribution in [2.24, 2.45) is 0 Å². The highest BCUT2D eigenvalue weighted by atomic mass is 32.1. The first-order valence-corrected chi connectivity index (χ1v) is 19.6. The smallest absolute Gasteiger partial charge is 0.136 e. The zero-order valence-corrected chi connectivity index (χ0v) is 30.2. The van der Waals surface area contributed by atoms with Crippen LogP contribution in [0.5, 0.6) is 0 Å². The summed E-state index contributed by atoms with van der Waals surface area (Å²) in [6.45, 7) is 0. The van der Waals surface area contributed by atoms with Crippen LogP contribution in [0.15, 0.2) is 168 Å². The maximum absolute atomic E-state index is 6.73. The van der Waals surface area contributed by atoms with Crippen molar-refractivity contribution in [2.75, 3.05) is 0 Å². The molecule has 0 bridgehead atoms. The minimum absolute atomic E-state index is 0.921. The molecule has 54 heavy (non-hydrogen) atoms. The lowest BCUT2D eigenvalue weighted by atomic mass is 9.83. The summed E-state index contributed by atoms with van der Waals surface area (Å²) in [5.41, 5.74) is 10.8. The molecule has 0 amide bonds. The van der Waals surface area contributed by atoms with E-state index in [1.54, 1.807) is 0 Å². The first kappa shape index (κ1) is 30.0. The Kier molecular flexibility index (Phi) is 6.40. The first-order chi connectivity index (χ1) is 26.8. The summed E-state index contributed by atoms with van der Waals surface area (Å²) in [4.78, 5) is 1.41. The van der Waals surface area contributed by atoms with Gasteiger partial charge in [0.05, 0.1) is 0 Å². The van der Waals surface area contributed by atoms with Crippen molar-refractivity contribution in [1.29, 1.82) is 0 Å². The van der Waals surface area contributed by atoms with Crippen LogP contribution >= 0.6 is 11.3 Å². The first-order valence-electron chi connectivity index (χ1n) is 18.8. The number of aryl methyl sites for hydroxylation is 1. The highest BCUT2D eigenvalue weighted by molar-refractivity contribution is 7.20. The summed E-state index contributed by atoms with van der Waals surface area (Å²) in [7, 11) is 0. The van der Waals surface area contributed by atoms with E-state index in [2.05, 4.69) is 170 Å². The number of fused-ring (bicyclic) bond motifs is 12. The van der Waals surface area contributed by atoms with Crippen LogP contribution in [0.1, 0.15) is 16.9 Å². The molecule has 12 rings (SSSR count). The van der Waals surface area contributed by atoms with Crippen LogP contribution in [0.3, 0.4) is 0 Å². The van der Waals surface area contributed by atoms with Crippen LogP contribution in [-0.4, -0.2) is 0 Å². The fourth-order valence-electron chi connectivity index (χ4n) is 9.43. The number of allylic oxidation sites excluding steroid dienone is 1. The van der Waals surface area contributed by atoms with E-state index in [-0.39, 0.29) is 0 Å². The van der Waals surface area contributed by atoms with Gasteiger partial charge in [-0.05, 0) is 131 Å². The average molecular weight is 705 g/mol. The molecule has 0 spiro atoms. The van der Waals surface area contributed by atoms with Gasteiger partial charge in [0.2, 0.25) is 0 Å². The third kappa shape index (κ3) is 4.26. The SMILES string of the molecule is C1=Cc2sc3ccc4c(ccc5oc6cc(-c7c8ccccc8c(-c8ccc(-c9ccccc9)c9ccccc89)c8ccccc78)ccc6c54)c3c2CC1. The van der Waals surface area contributed by atoms with Gasteiger partial charge in [0.25, 0.3) is 0 Å². The van der Waals surface area contributed by atoms with E-state index < -0.39 is 0 Å². The predicted molar refractivity (Wildman–Crippen MR) is 233 cm³/mol. The Balaban J connectivity index is 1.10. The Hall–Kier alpha value is -6.48. The maximum atomic E-state index is 6.73. The monoisotopic (exact) mass is 704 g/mol. The van der Waals surface area contributed by atoms with Crippen LogP contribution in [0.25, 0.3) is 115 Å². The van der Waals surface area contributed by atoms with Crippen LogP contribution in [0.4, 0.5) is 0 Å². The van der Waals surface area contributed by atoms with Crippen LogP contribution in [0.2, 0.25) is 0 Å². The second-order valence-corrected chi connectivity index (χ2v) is 15.7. The second kappa shape index (κ2) is 11.5. The van der Waals surface area contributed by atoms with Crippen molar-refractivity contribution < 1.29 is 4.42 Å². The number of thiophene rings is 1. The third-order valence-electron chi connectivity index (χ3n) is 11.7. The number of benzene rings is 9. The minimum atomic E-state index is 0.921. The van der Waals surface area contributed by atoms with E-state index in [4.69, 9.17) is 4.42 Å². The Bertz CT molecular complexity index is 3320. The Labute approximate surface area is 316 Å². The van der Waals surface area contributed by atoms with E-state index >= 15 is 0 Å². The largest absolute Gasteiger partial charge is 0.456 e. The summed E-state index contributed by atoms with van der Waals surface area (Å²) >= 11 is 1.92. The van der Waals surface area contributed by atoms with Gasteiger partial charge in [-0.15, -0.1) is 11.3 Å². The molecule has 0 saturated carbocycles. The van der Waals surface area contributed by atoms with Gasteiger partial charge in [0.15, 0.2) is 0 Å². The quantitative estimate of drug-likeness (QED) is 0.167. The molecular formula is C52H32OS. The molecule has 0 aliphatic heterocycles. The van der Waals surface area contributed by atoms with Gasteiger partial charge in [-0.1, -0.05) is 133 Å². The minimum Gasteiger partial charge on any atom is -0.456 e. The standard InChI is InChI=1S/C52H32OS/c1-2-12-31(13-3-1)33-24-25-40(35-15-5-4-14-34(33)35)50-38-18-8-6-16-36(38)49(37-17-7-9-19-39(37)50)32-22-23-43-46(30-32)53-45-28-26-42-41(51(43)45)27-29-48-52(42)44-20-10-11-21-47(44)54-48/h1-9,11-19,21-30H,10,20H2. The van der Waals surface area contributed by atoms with Gasteiger partial charge in [0, 0.05) is 25.7 Å². The molecule has 0 atom stereocenters. The van der Waals surface area contributed by atoms with Gasteiger partial charge in [-0.2, -0.15) is 0 Å². The lowest BCUT2D eigenvalue weighted by molar-refractivity contribution is 0.669. The molecule has 0 saturated heterocycles. The zero-order chi connectivity index (χ0) is 35.3. The number of hydrogen-bond acceptors (Lipinski definition) is 2. The molecule has 11 aromatic rings. The van der Waals surface area contributed by atoms with Crippen LogP contribution in [-0.2, 0) is 6.42 Å². The van der Waals surface area contributed by atoms with Crippen molar-refractivity contribution in [3.05, 3.63) is 174 Å². The zero-order valence-electron chi connectivity index (χ0n) is 29.4. The second-order valence-electron chi connectivity index (χ2n) is 14.6. The molecule has 9 aromatic carbocycles. The van der Waals surface area contributed by atoms with E-state index in [0.29, 0.717) is 0 Å². The predicted octanol–water partition coefficient (Wildman–Crippen LogP) is 15.4. The van der Waals surface area contributed by atoms with Crippen LogP contribution in [0, 0.1) is 0 Å². The number of hydrogen-bond donors (Lipinski definition) is 0. The van der Waals surface area contributed by atoms with Gasteiger partial charge in [-0.25, -0.2) is 0 Å². The summed E-state index contributed by atoms with van der Waals surface area (Å²) < 4.78 is 8.10. The summed E-state index contributed by atoms with van der Waals surface area (Å²) in [6, 6.07) is 58.1. The number of furan rings is 1. The molecule has 1 aliphatic rings. The van der Waals surface area contributed by atoms with Crippen molar-refractivity contribution >= 4 is 92.5 Å². The molecule has 0 radical (unpaired) electrons. The van der Waals surface area contributed by atoms with Gasteiger partial charge >= 0.3 is 0 Å². The molecule has 2 aromatic heterocycles. The van der Waals surface area contributed by atoms with Crippen molar-refractivity contribution in [1.82, 2.24) is 0 Å². The molecule has 0 fully saturated rings. The van der Waals surface area contributed by atoms with Crippen molar-refractivity contribution in [3.63, 3.8) is 0 Å². The normalized spacial score (nSPS) is 13.0. The Morgan fingerprint density at radius 2 is 1.04 bits per heavy atom. The van der Waals surface area contributed by atoms with Crippen molar-refractivity contribution in [2.45, 2.75) is 12.8 Å². The molecule has 1 aliphatic carbocycles. The van der Waals surface area contributed by atoms with E-state index in [0.717, 1.165) is 35.0 Å². The van der Waals surface area contributed by atoms with E-state index in [1.807, 2.05) is 11.3 Å². The van der Waals surface area contributed by atoms with Gasteiger partial charge in [-0.3, -0.25) is 0 Å². The van der Waals surface area contributed by atoms with Gasteiger partial charge < -0.3 is 4.42 Å². The Morgan fingerprint density at radius 3 is 1.80 bits per heavy atom. The molecule has 0 unspecified atom stereocenters.